The fraction of sp³-hybridized carbons (Fsp3) is 0.667. The smallest absolute Gasteiger partial charge is 0.0319 e. The van der Waals surface area contributed by atoms with Gasteiger partial charge >= 0.3 is 0 Å². The van der Waals surface area contributed by atoms with Crippen LogP contribution < -0.4 is 5.32 Å². The molecule has 3 nitrogen and oxygen atoms in total. The average molecular weight is 325 g/mol. The van der Waals surface area contributed by atoms with Crippen LogP contribution in [0.15, 0.2) is 30.3 Å². The second kappa shape index (κ2) is 8.30. The van der Waals surface area contributed by atoms with Crippen LogP contribution in [0, 0.1) is 23.7 Å². The number of halogens is 1. The highest BCUT2D eigenvalue weighted by Gasteiger charge is 2.44. The molecule has 2 aliphatic carbocycles. The molecule has 22 heavy (non-hydrogen) atoms. The Morgan fingerprint density at radius 1 is 0.955 bits per heavy atom. The Morgan fingerprint density at radius 3 is 1.95 bits per heavy atom. The number of benzene rings is 1. The van der Waals surface area contributed by atoms with Gasteiger partial charge in [-0.2, -0.15) is 0 Å². The fourth-order valence-electron chi connectivity index (χ4n) is 3.73. The molecule has 2 aliphatic heterocycles. The molecule has 0 bridgehead atoms. The van der Waals surface area contributed by atoms with Gasteiger partial charge in [0.25, 0.3) is 0 Å². The number of hydrogen-bond acceptors (Lipinski definition) is 3. The van der Waals surface area contributed by atoms with E-state index in [1.54, 1.807) is 0 Å². The van der Waals surface area contributed by atoms with E-state index in [4.69, 9.17) is 5.11 Å². The summed E-state index contributed by atoms with van der Waals surface area (Å²) in [5.74, 6) is 4.32. The number of likely N-dealkylation sites (tertiary alicyclic amines) is 1. The molecule has 1 aromatic rings. The van der Waals surface area contributed by atoms with E-state index in [0.29, 0.717) is 0 Å². The van der Waals surface area contributed by atoms with Crippen molar-refractivity contribution in [3.8, 4) is 0 Å². The molecule has 4 atom stereocenters. The van der Waals surface area contributed by atoms with Crippen molar-refractivity contribution in [1.29, 1.82) is 0 Å². The normalized spacial score (nSPS) is 33.2. The third-order valence-electron chi connectivity index (χ3n) is 5.19. The molecule has 4 aliphatic rings. The molecule has 124 valence electrons. The van der Waals surface area contributed by atoms with E-state index >= 15 is 0 Å². The average Bonchev–Trinajstić information content (AvgIpc) is 3.38. The van der Waals surface area contributed by atoms with Gasteiger partial charge in [0.1, 0.15) is 0 Å². The highest BCUT2D eigenvalue weighted by atomic mass is 35.5. The monoisotopic (exact) mass is 324 g/mol. The Labute approximate surface area is 140 Å². The van der Waals surface area contributed by atoms with Gasteiger partial charge < -0.3 is 10.4 Å². The van der Waals surface area contributed by atoms with E-state index in [2.05, 4.69) is 40.5 Å². The van der Waals surface area contributed by atoms with Gasteiger partial charge in [-0.25, -0.2) is 0 Å². The standard InChI is InChI=1S/C12H15N.C5H9N.CH4O.ClH/c1-2-4-10(5-3-1)7-13-8-11-6-12(11)9-13;1-4-2-6-3-5(1)4;1-2;/h1-5,11-12H,6-9H2;4-6H,1-3H2;2H,1H3;1H. The summed E-state index contributed by atoms with van der Waals surface area (Å²) in [6, 6.07) is 10.8. The topological polar surface area (TPSA) is 35.5 Å². The Bertz CT molecular complexity index is 424. The Hall–Kier alpha value is -0.610. The second-order valence-corrected chi connectivity index (χ2v) is 6.85. The van der Waals surface area contributed by atoms with Crippen LogP contribution in [0.25, 0.3) is 0 Å². The summed E-state index contributed by atoms with van der Waals surface area (Å²) in [4.78, 5) is 2.59. The summed E-state index contributed by atoms with van der Waals surface area (Å²) < 4.78 is 0. The van der Waals surface area contributed by atoms with E-state index in [9.17, 15) is 0 Å². The van der Waals surface area contributed by atoms with Crippen LogP contribution in [-0.2, 0) is 6.54 Å². The van der Waals surface area contributed by atoms with E-state index in [1.165, 1.54) is 44.6 Å². The van der Waals surface area contributed by atoms with Crippen LogP contribution in [0.3, 0.4) is 0 Å². The molecule has 4 fully saturated rings. The first kappa shape index (κ1) is 17.7. The maximum absolute atomic E-state index is 7.00. The SMILES string of the molecule is C1NCC2CC12.CO.Cl.c1ccc(CN2CC3CC3C2)cc1. The first-order valence-electron chi connectivity index (χ1n) is 8.30. The van der Waals surface area contributed by atoms with E-state index in [1.807, 2.05) is 0 Å². The van der Waals surface area contributed by atoms with E-state index in [-0.39, 0.29) is 12.4 Å². The molecule has 0 amide bonds. The molecule has 5 rings (SSSR count). The number of nitrogens with one attached hydrogen (secondary N) is 1. The van der Waals surface area contributed by atoms with Crippen LogP contribution in [-0.4, -0.2) is 43.3 Å². The molecule has 4 unspecified atom stereocenters. The van der Waals surface area contributed by atoms with Crippen molar-refractivity contribution in [2.45, 2.75) is 19.4 Å². The molecule has 0 aromatic heterocycles. The van der Waals surface area contributed by atoms with Gasteiger partial charge in [-0.05, 0) is 55.2 Å². The van der Waals surface area contributed by atoms with Gasteiger partial charge in [-0.15, -0.1) is 12.4 Å². The number of nitrogens with zero attached hydrogens (tertiary/aromatic N) is 1. The predicted molar refractivity (Wildman–Crippen MR) is 93.2 cm³/mol. The molecule has 1 aromatic carbocycles. The molecule has 2 N–H and O–H groups in total. The zero-order valence-corrected chi connectivity index (χ0v) is 14.3. The van der Waals surface area contributed by atoms with Gasteiger partial charge in [0.15, 0.2) is 0 Å². The summed E-state index contributed by atoms with van der Waals surface area (Å²) in [5, 5.41) is 10.3. The lowest BCUT2D eigenvalue weighted by molar-refractivity contribution is 0.297. The van der Waals surface area contributed by atoms with Crippen molar-refractivity contribution in [3.63, 3.8) is 0 Å². The summed E-state index contributed by atoms with van der Waals surface area (Å²) in [7, 11) is 1.00. The molecular formula is C18H29ClN2O. The first-order chi connectivity index (χ1) is 10.4. The van der Waals surface area contributed by atoms with Gasteiger partial charge in [0.2, 0.25) is 0 Å². The Morgan fingerprint density at radius 2 is 1.50 bits per heavy atom. The van der Waals surface area contributed by atoms with Gasteiger partial charge in [0, 0.05) is 26.7 Å². The van der Waals surface area contributed by atoms with Crippen LogP contribution in [0.1, 0.15) is 18.4 Å². The van der Waals surface area contributed by atoms with Crippen molar-refractivity contribution in [2.75, 3.05) is 33.3 Å². The second-order valence-electron chi connectivity index (χ2n) is 6.85. The third kappa shape index (κ3) is 4.69. The van der Waals surface area contributed by atoms with Crippen molar-refractivity contribution in [2.24, 2.45) is 23.7 Å². The molecule has 4 heteroatoms. The maximum atomic E-state index is 7.00. The lowest BCUT2D eigenvalue weighted by Gasteiger charge is -2.16. The van der Waals surface area contributed by atoms with E-state index in [0.717, 1.165) is 37.3 Å². The first-order valence-corrected chi connectivity index (χ1v) is 8.30. The molecule has 2 saturated carbocycles. The largest absolute Gasteiger partial charge is 0.400 e. The van der Waals surface area contributed by atoms with Crippen molar-refractivity contribution >= 4 is 12.4 Å². The summed E-state index contributed by atoms with van der Waals surface area (Å²) in [5.41, 5.74) is 1.46. The maximum Gasteiger partial charge on any atom is 0.0319 e. The minimum absolute atomic E-state index is 0. The molecular weight excluding hydrogens is 296 g/mol. The number of aliphatic hydroxyl groups is 1. The summed E-state index contributed by atoms with van der Waals surface area (Å²) in [6.07, 6.45) is 3.03. The number of rotatable bonds is 2. The summed E-state index contributed by atoms with van der Waals surface area (Å²) >= 11 is 0. The highest BCUT2D eigenvalue weighted by molar-refractivity contribution is 5.85. The molecule has 2 saturated heterocycles. The van der Waals surface area contributed by atoms with Crippen molar-refractivity contribution in [1.82, 2.24) is 10.2 Å². The summed E-state index contributed by atoms with van der Waals surface area (Å²) in [6.45, 7) is 6.47. The molecule has 0 spiro atoms. The quantitative estimate of drug-likeness (QED) is 0.877. The van der Waals surface area contributed by atoms with Crippen LogP contribution >= 0.6 is 12.4 Å². The van der Waals surface area contributed by atoms with Gasteiger partial charge in [-0.3, -0.25) is 4.90 Å². The lowest BCUT2D eigenvalue weighted by Crippen LogP contribution is -2.21. The van der Waals surface area contributed by atoms with Crippen molar-refractivity contribution in [3.05, 3.63) is 35.9 Å². The minimum Gasteiger partial charge on any atom is -0.400 e. The third-order valence-corrected chi connectivity index (χ3v) is 5.19. The van der Waals surface area contributed by atoms with Crippen LogP contribution in [0.2, 0.25) is 0 Å². The van der Waals surface area contributed by atoms with Crippen LogP contribution in [0.4, 0.5) is 0 Å². The number of hydrogen-bond donors (Lipinski definition) is 2. The zero-order valence-electron chi connectivity index (χ0n) is 13.4. The van der Waals surface area contributed by atoms with Gasteiger partial charge in [-0.1, -0.05) is 30.3 Å². The fourth-order valence-corrected chi connectivity index (χ4v) is 3.73. The number of aliphatic hydroxyl groups excluding tert-OH is 1. The zero-order chi connectivity index (χ0) is 14.7. The Balaban J connectivity index is 0.000000165. The lowest BCUT2D eigenvalue weighted by atomic mass is 10.2. The number of fused-ring (bicyclic) bond motifs is 2. The molecule has 0 radical (unpaired) electrons. The molecule has 2 heterocycles. The van der Waals surface area contributed by atoms with Gasteiger partial charge in [0.05, 0.1) is 0 Å². The highest BCUT2D eigenvalue weighted by Crippen LogP contribution is 2.45. The van der Waals surface area contributed by atoms with Crippen LogP contribution in [0.5, 0.6) is 0 Å². The number of piperidine rings is 2. The predicted octanol–water partition coefficient (Wildman–Crippen LogP) is 2.39. The Kier molecular flexibility index (Phi) is 6.69. The van der Waals surface area contributed by atoms with E-state index < -0.39 is 0 Å². The van der Waals surface area contributed by atoms with Crippen molar-refractivity contribution < 1.29 is 5.11 Å². The minimum atomic E-state index is 0.